The average molecular weight is 224 g/mol. The van der Waals surface area contributed by atoms with E-state index >= 15 is 0 Å². The Hall–Kier alpha value is -0.930. The van der Waals surface area contributed by atoms with Gasteiger partial charge in [0.05, 0.1) is 0 Å². The highest BCUT2D eigenvalue weighted by Crippen LogP contribution is 2.16. The Labute approximate surface area is 97.3 Å². The molecule has 0 aliphatic heterocycles. The van der Waals surface area contributed by atoms with Gasteiger partial charge < -0.3 is 5.73 Å². The summed E-state index contributed by atoms with van der Waals surface area (Å²) in [4.78, 5) is 2.25. The first kappa shape index (κ1) is 13.1. The molecule has 2 nitrogen and oxygen atoms in total. The largest absolute Gasteiger partial charge is 0.329 e. The first-order valence-electron chi connectivity index (χ1n) is 5.69. The maximum absolute atomic E-state index is 13.1. The van der Waals surface area contributed by atoms with Crippen LogP contribution in [0.5, 0.6) is 0 Å². The van der Waals surface area contributed by atoms with Crippen molar-refractivity contribution in [3.63, 3.8) is 0 Å². The fraction of sp³-hybridized carbons (Fsp3) is 0.538. The van der Waals surface area contributed by atoms with E-state index in [9.17, 15) is 4.39 Å². The van der Waals surface area contributed by atoms with Crippen molar-refractivity contribution in [2.45, 2.75) is 32.9 Å². The fourth-order valence-electron chi connectivity index (χ4n) is 1.74. The molecule has 0 saturated carbocycles. The van der Waals surface area contributed by atoms with Gasteiger partial charge in [-0.15, -0.1) is 0 Å². The summed E-state index contributed by atoms with van der Waals surface area (Å²) in [5.74, 6) is -0.181. The van der Waals surface area contributed by atoms with Gasteiger partial charge in [0.25, 0.3) is 0 Å². The van der Waals surface area contributed by atoms with E-state index in [2.05, 4.69) is 25.7 Å². The van der Waals surface area contributed by atoms with E-state index in [-0.39, 0.29) is 11.4 Å². The van der Waals surface area contributed by atoms with Crippen molar-refractivity contribution in [1.29, 1.82) is 0 Å². The Balaban J connectivity index is 2.78. The van der Waals surface area contributed by atoms with E-state index in [1.54, 1.807) is 12.1 Å². The molecule has 0 fully saturated rings. The van der Waals surface area contributed by atoms with Crippen LogP contribution in [0.15, 0.2) is 24.3 Å². The van der Waals surface area contributed by atoms with Crippen LogP contribution < -0.4 is 5.73 Å². The minimum atomic E-state index is -0.181. The monoisotopic (exact) mass is 224 g/mol. The van der Waals surface area contributed by atoms with E-state index in [0.717, 1.165) is 18.7 Å². The van der Waals surface area contributed by atoms with Gasteiger partial charge in [-0.25, -0.2) is 4.39 Å². The van der Waals surface area contributed by atoms with Gasteiger partial charge in [-0.1, -0.05) is 19.1 Å². The molecule has 0 aliphatic rings. The maximum Gasteiger partial charge on any atom is 0.123 e. The topological polar surface area (TPSA) is 29.3 Å². The molecule has 0 radical (unpaired) electrons. The van der Waals surface area contributed by atoms with E-state index in [1.807, 2.05) is 6.07 Å². The summed E-state index contributed by atoms with van der Waals surface area (Å²) >= 11 is 0. The fourth-order valence-corrected chi connectivity index (χ4v) is 1.74. The lowest BCUT2D eigenvalue weighted by molar-refractivity contribution is 0.126. The highest BCUT2D eigenvalue weighted by molar-refractivity contribution is 5.16. The lowest BCUT2D eigenvalue weighted by Gasteiger charge is -2.37. The zero-order valence-electron chi connectivity index (χ0n) is 10.3. The number of hydrogen-bond donors (Lipinski definition) is 1. The van der Waals surface area contributed by atoms with Gasteiger partial charge in [-0.05, 0) is 38.1 Å². The number of nitrogens with zero attached hydrogens (tertiary/aromatic N) is 1. The minimum absolute atomic E-state index is 0.0545. The molecule has 0 amide bonds. The molecular formula is C13H21FN2. The second kappa shape index (κ2) is 5.41. The predicted octanol–water partition coefficient (Wildman–Crippen LogP) is 2.38. The van der Waals surface area contributed by atoms with E-state index < -0.39 is 0 Å². The van der Waals surface area contributed by atoms with Crippen molar-refractivity contribution in [3.8, 4) is 0 Å². The first-order chi connectivity index (χ1) is 7.49. The van der Waals surface area contributed by atoms with Crippen molar-refractivity contribution >= 4 is 0 Å². The first-order valence-corrected chi connectivity index (χ1v) is 5.69. The van der Waals surface area contributed by atoms with E-state index in [0.29, 0.717) is 6.54 Å². The number of hydrogen-bond acceptors (Lipinski definition) is 2. The molecule has 0 bridgehead atoms. The van der Waals surface area contributed by atoms with Gasteiger partial charge in [-0.3, -0.25) is 4.90 Å². The molecule has 0 aromatic heterocycles. The number of nitrogens with two attached hydrogens (primary N) is 1. The Morgan fingerprint density at radius 3 is 2.56 bits per heavy atom. The van der Waals surface area contributed by atoms with Crippen LogP contribution in [0.2, 0.25) is 0 Å². The third-order valence-electron chi connectivity index (χ3n) is 3.00. The van der Waals surface area contributed by atoms with Crippen molar-refractivity contribution in [2.24, 2.45) is 5.73 Å². The SMILES string of the molecule is CCN(Cc1cccc(F)c1)C(C)(C)CN. The molecule has 3 heteroatoms. The van der Waals surface area contributed by atoms with Crippen molar-refractivity contribution < 1.29 is 4.39 Å². The van der Waals surface area contributed by atoms with Gasteiger partial charge in [0.15, 0.2) is 0 Å². The van der Waals surface area contributed by atoms with Crippen LogP contribution in [-0.2, 0) is 6.54 Å². The third kappa shape index (κ3) is 3.29. The summed E-state index contributed by atoms with van der Waals surface area (Å²) < 4.78 is 13.1. The Morgan fingerprint density at radius 2 is 2.06 bits per heavy atom. The molecule has 1 aromatic rings. The summed E-state index contributed by atoms with van der Waals surface area (Å²) in [6, 6.07) is 6.73. The van der Waals surface area contributed by atoms with Crippen LogP contribution in [0.4, 0.5) is 4.39 Å². The molecule has 0 heterocycles. The summed E-state index contributed by atoms with van der Waals surface area (Å²) in [6.45, 7) is 8.54. The maximum atomic E-state index is 13.1. The number of halogens is 1. The quantitative estimate of drug-likeness (QED) is 0.832. The molecule has 0 spiro atoms. The van der Waals surface area contributed by atoms with E-state index in [1.165, 1.54) is 6.07 Å². The third-order valence-corrected chi connectivity index (χ3v) is 3.00. The van der Waals surface area contributed by atoms with Crippen LogP contribution in [-0.4, -0.2) is 23.5 Å². The Morgan fingerprint density at radius 1 is 1.38 bits per heavy atom. The van der Waals surface area contributed by atoms with Gasteiger partial charge in [0, 0.05) is 18.6 Å². The Bertz CT molecular complexity index is 336. The number of benzene rings is 1. The zero-order valence-corrected chi connectivity index (χ0v) is 10.3. The van der Waals surface area contributed by atoms with Crippen LogP contribution in [0.3, 0.4) is 0 Å². The standard InChI is InChI=1S/C13H21FN2/c1-4-16(13(2,3)10-15)9-11-6-5-7-12(14)8-11/h5-8H,4,9-10,15H2,1-3H3. The normalized spacial score (nSPS) is 12.1. The molecule has 0 atom stereocenters. The van der Waals surface area contributed by atoms with Crippen LogP contribution in [0.1, 0.15) is 26.3 Å². The van der Waals surface area contributed by atoms with Crippen LogP contribution >= 0.6 is 0 Å². The van der Waals surface area contributed by atoms with Gasteiger partial charge in [0.2, 0.25) is 0 Å². The molecule has 0 aliphatic carbocycles. The lowest BCUT2D eigenvalue weighted by atomic mass is 10.0. The summed E-state index contributed by atoms with van der Waals surface area (Å²) in [6.07, 6.45) is 0. The second-order valence-electron chi connectivity index (χ2n) is 4.66. The summed E-state index contributed by atoms with van der Waals surface area (Å²) in [5.41, 5.74) is 6.69. The van der Waals surface area contributed by atoms with Gasteiger partial charge in [-0.2, -0.15) is 0 Å². The average Bonchev–Trinajstić information content (AvgIpc) is 2.25. The number of likely N-dealkylation sites (N-methyl/N-ethyl adjacent to an activating group) is 1. The summed E-state index contributed by atoms with van der Waals surface area (Å²) in [5, 5.41) is 0. The molecule has 1 rings (SSSR count). The van der Waals surface area contributed by atoms with Crippen molar-refractivity contribution in [2.75, 3.05) is 13.1 Å². The highest BCUT2D eigenvalue weighted by atomic mass is 19.1. The van der Waals surface area contributed by atoms with Gasteiger partial charge in [0.1, 0.15) is 5.82 Å². The van der Waals surface area contributed by atoms with Crippen LogP contribution in [0, 0.1) is 5.82 Å². The van der Waals surface area contributed by atoms with Crippen molar-refractivity contribution in [3.05, 3.63) is 35.6 Å². The zero-order chi connectivity index (χ0) is 12.2. The molecular weight excluding hydrogens is 203 g/mol. The summed E-state index contributed by atoms with van der Waals surface area (Å²) in [7, 11) is 0. The highest BCUT2D eigenvalue weighted by Gasteiger charge is 2.23. The Kier molecular flexibility index (Phi) is 4.44. The number of rotatable bonds is 5. The minimum Gasteiger partial charge on any atom is -0.329 e. The molecule has 0 unspecified atom stereocenters. The molecule has 2 N–H and O–H groups in total. The lowest BCUT2D eigenvalue weighted by Crippen LogP contribution is -2.48. The second-order valence-corrected chi connectivity index (χ2v) is 4.66. The van der Waals surface area contributed by atoms with E-state index in [4.69, 9.17) is 5.73 Å². The molecule has 1 aromatic carbocycles. The molecule has 16 heavy (non-hydrogen) atoms. The molecule has 90 valence electrons. The van der Waals surface area contributed by atoms with Gasteiger partial charge >= 0.3 is 0 Å². The smallest absolute Gasteiger partial charge is 0.123 e. The van der Waals surface area contributed by atoms with Crippen molar-refractivity contribution in [1.82, 2.24) is 4.90 Å². The van der Waals surface area contributed by atoms with Crippen LogP contribution in [0.25, 0.3) is 0 Å². The molecule has 0 saturated heterocycles. The predicted molar refractivity (Wildman–Crippen MR) is 65.6 cm³/mol.